The van der Waals surface area contributed by atoms with Crippen LogP contribution < -0.4 is 5.32 Å². The van der Waals surface area contributed by atoms with Crippen LogP contribution in [0.2, 0.25) is 0 Å². The molecule has 98 valence electrons. The van der Waals surface area contributed by atoms with E-state index in [4.69, 9.17) is 4.74 Å². The Labute approximate surface area is 104 Å². The van der Waals surface area contributed by atoms with Crippen LogP contribution in [0.3, 0.4) is 0 Å². The first-order valence-corrected chi connectivity index (χ1v) is 6.88. The first-order valence-electron chi connectivity index (χ1n) is 6.88. The lowest BCUT2D eigenvalue weighted by Gasteiger charge is -2.50. The lowest BCUT2D eigenvalue weighted by Crippen LogP contribution is -2.52. The second kappa shape index (κ2) is 4.51. The average molecular weight is 239 g/mol. The van der Waals surface area contributed by atoms with Gasteiger partial charge in [-0.15, -0.1) is 0 Å². The number of alkyl carbamates (subject to hydrolysis) is 1. The van der Waals surface area contributed by atoms with Crippen molar-refractivity contribution >= 4 is 6.09 Å². The highest BCUT2D eigenvalue weighted by molar-refractivity contribution is 5.68. The third kappa shape index (κ3) is 3.36. The number of hydrogen-bond acceptors (Lipinski definition) is 2. The zero-order valence-corrected chi connectivity index (χ0v) is 11.3. The lowest BCUT2D eigenvalue weighted by molar-refractivity contribution is 0.0172. The summed E-state index contributed by atoms with van der Waals surface area (Å²) in [5.41, 5.74) is 0.175. The summed E-state index contributed by atoms with van der Waals surface area (Å²) < 4.78 is 5.27. The molecule has 0 aromatic carbocycles. The van der Waals surface area contributed by atoms with Gasteiger partial charge >= 0.3 is 6.09 Å². The third-order valence-corrected chi connectivity index (χ3v) is 3.99. The van der Waals surface area contributed by atoms with E-state index in [1.807, 2.05) is 20.8 Å². The Morgan fingerprint density at radius 2 is 1.76 bits per heavy atom. The lowest BCUT2D eigenvalue weighted by atomic mass is 9.58. The fraction of sp³-hybridized carbons (Fsp3) is 0.929. The molecule has 3 heteroatoms. The van der Waals surface area contributed by atoms with Gasteiger partial charge in [0.2, 0.25) is 0 Å². The van der Waals surface area contributed by atoms with Gasteiger partial charge in [-0.1, -0.05) is 19.3 Å². The van der Waals surface area contributed by atoms with E-state index in [0.29, 0.717) is 11.5 Å². The molecule has 2 saturated carbocycles. The normalized spacial score (nSPS) is 24.2. The Morgan fingerprint density at radius 1 is 1.18 bits per heavy atom. The van der Waals surface area contributed by atoms with Crippen molar-refractivity contribution in [2.75, 3.05) is 0 Å². The molecule has 0 aromatic rings. The van der Waals surface area contributed by atoms with Gasteiger partial charge < -0.3 is 10.1 Å². The second-order valence-electron chi connectivity index (χ2n) is 6.81. The highest BCUT2D eigenvalue weighted by Gasteiger charge is 2.45. The Kier molecular flexibility index (Phi) is 3.37. The number of hydrogen-bond donors (Lipinski definition) is 1. The summed E-state index contributed by atoms with van der Waals surface area (Å²) in [5, 5.41) is 2.98. The van der Waals surface area contributed by atoms with Crippen molar-refractivity contribution in [1.82, 2.24) is 5.32 Å². The van der Waals surface area contributed by atoms with E-state index in [9.17, 15) is 4.79 Å². The molecule has 3 nitrogen and oxygen atoms in total. The number of ether oxygens (including phenoxy) is 1. The molecule has 1 spiro atoms. The molecule has 2 aliphatic rings. The summed E-state index contributed by atoms with van der Waals surface area (Å²) in [4.78, 5) is 11.6. The van der Waals surface area contributed by atoms with Gasteiger partial charge in [0.25, 0.3) is 0 Å². The summed E-state index contributed by atoms with van der Waals surface area (Å²) in [7, 11) is 0. The summed E-state index contributed by atoms with van der Waals surface area (Å²) >= 11 is 0. The predicted molar refractivity (Wildman–Crippen MR) is 67.9 cm³/mol. The molecule has 2 rings (SSSR count). The van der Waals surface area contributed by atoms with Gasteiger partial charge in [-0.3, -0.25) is 0 Å². The van der Waals surface area contributed by atoms with Crippen molar-refractivity contribution < 1.29 is 9.53 Å². The van der Waals surface area contributed by atoms with Crippen molar-refractivity contribution in [1.29, 1.82) is 0 Å². The summed E-state index contributed by atoms with van der Waals surface area (Å²) in [6, 6.07) is 0.350. The van der Waals surface area contributed by atoms with Crippen molar-refractivity contribution in [2.45, 2.75) is 77.4 Å². The molecule has 0 saturated heterocycles. The van der Waals surface area contributed by atoms with Crippen LogP contribution in [0.25, 0.3) is 0 Å². The maximum atomic E-state index is 11.6. The van der Waals surface area contributed by atoms with Crippen LogP contribution in [0.15, 0.2) is 0 Å². The zero-order valence-electron chi connectivity index (χ0n) is 11.3. The molecular formula is C14H25NO2. The Hall–Kier alpha value is -0.730. The highest BCUT2D eigenvalue weighted by atomic mass is 16.6. The van der Waals surface area contributed by atoms with E-state index in [2.05, 4.69) is 5.32 Å². The van der Waals surface area contributed by atoms with Crippen LogP contribution in [0.4, 0.5) is 4.79 Å². The molecule has 2 fully saturated rings. The van der Waals surface area contributed by atoms with Crippen LogP contribution in [0.1, 0.15) is 65.7 Å². The molecular weight excluding hydrogens is 214 g/mol. The summed E-state index contributed by atoms with van der Waals surface area (Å²) in [5.74, 6) is 0. The van der Waals surface area contributed by atoms with E-state index in [1.54, 1.807) is 0 Å². The fourth-order valence-corrected chi connectivity index (χ4v) is 3.27. The standard InChI is InChI=1S/C14H25NO2/c1-13(2,3)17-12(16)15-11-9-14(10-11)7-5-4-6-8-14/h11H,4-10H2,1-3H3,(H,15,16). The Balaban J connectivity index is 1.71. The van der Waals surface area contributed by atoms with Crippen molar-refractivity contribution in [3.05, 3.63) is 0 Å². The molecule has 0 radical (unpaired) electrons. The molecule has 0 heterocycles. The molecule has 1 N–H and O–H groups in total. The molecule has 0 aromatic heterocycles. The van der Waals surface area contributed by atoms with Gasteiger partial charge in [-0.25, -0.2) is 4.79 Å². The van der Waals surface area contributed by atoms with Crippen LogP contribution >= 0.6 is 0 Å². The van der Waals surface area contributed by atoms with Gasteiger partial charge in [0.05, 0.1) is 0 Å². The number of nitrogens with one attached hydrogen (secondary N) is 1. The molecule has 0 bridgehead atoms. The number of carbonyl (C=O) groups excluding carboxylic acids is 1. The maximum absolute atomic E-state index is 11.6. The molecule has 0 aliphatic heterocycles. The van der Waals surface area contributed by atoms with Gasteiger partial charge in [-0.05, 0) is 51.9 Å². The fourth-order valence-electron chi connectivity index (χ4n) is 3.27. The summed E-state index contributed by atoms with van der Waals surface area (Å²) in [6.07, 6.45) is 8.93. The van der Waals surface area contributed by atoms with E-state index in [1.165, 1.54) is 32.1 Å². The predicted octanol–water partition coefficient (Wildman–Crippen LogP) is 3.62. The highest BCUT2D eigenvalue weighted by Crippen LogP contribution is 2.51. The molecule has 2 aliphatic carbocycles. The molecule has 1 amide bonds. The molecule has 0 atom stereocenters. The minimum absolute atomic E-state index is 0.256. The smallest absolute Gasteiger partial charge is 0.407 e. The Morgan fingerprint density at radius 3 is 2.29 bits per heavy atom. The second-order valence-corrected chi connectivity index (χ2v) is 6.81. The van der Waals surface area contributed by atoms with Crippen LogP contribution in [0.5, 0.6) is 0 Å². The molecule has 17 heavy (non-hydrogen) atoms. The number of rotatable bonds is 1. The van der Waals surface area contributed by atoms with Crippen molar-refractivity contribution in [3.63, 3.8) is 0 Å². The van der Waals surface area contributed by atoms with Gasteiger partial charge in [-0.2, -0.15) is 0 Å². The van der Waals surface area contributed by atoms with Crippen LogP contribution in [-0.2, 0) is 4.74 Å². The molecule has 0 unspecified atom stereocenters. The maximum Gasteiger partial charge on any atom is 0.407 e. The minimum atomic E-state index is -0.393. The third-order valence-electron chi connectivity index (χ3n) is 3.99. The van der Waals surface area contributed by atoms with Crippen molar-refractivity contribution in [3.8, 4) is 0 Å². The van der Waals surface area contributed by atoms with Gasteiger partial charge in [0, 0.05) is 6.04 Å². The minimum Gasteiger partial charge on any atom is -0.444 e. The number of amides is 1. The van der Waals surface area contributed by atoms with E-state index >= 15 is 0 Å². The number of carbonyl (C=O) groups is 1. The van der Waals surface area contributed by atoms with Crippen LogP contribution in [0, 0.1) is 5.41 Å². The topological polar surface area (TPSA) is 38.3 Å². The zero-order chi connectivity index (χ0) is 12.5. The summed E-state index contributed by atoms with van der Waals surface area (Å²) in [6.45, 7) is 5.70. The first-order chi connectivity index (χ1) is 7.89. The van der Waals surface area contributed by atoms with E-state index in [0.717, 1.165) is 12.8 Å². The van der Waals surface area contributed by atoms with Crippen molar-refractivity contribution in [2.24, 2.45) is 5.41 Å². The van der Waals surface area contributed by atoms with E-state index < -0.39 is 5.60 Å². The monoisotopic (exact) mass is 239 g/mol. The largest absolute Gasteiger partial charge is 0.444 e. The first kappa shape index (κ1) is 12.7. The quantitative estimate of drug-likeness (QED) is 0.759. The van der Waals surface area contributed by atoms with Gasteiger partial charge in [0.1, 0.15) is 5.60 Å². The van der Waals surface area contributed by atoms with Gasteiger partial charge in [0.15, 0.2) is 0 Å². The Bertz CT molecular complexity index is 279. The SMILES string of the molecule is CC(C)(C)OC(=O)NC1CC2(CCCCC2)C1. The average Bonchev–Trinajstić information content (AvgIpc) is 2.13. The van der Waals surface area contributed by atoms with Crippen LogP contribution in [-0.4, -0.2) is 17.7 Å². The van der Waals surface area contributed by atoms with E-state index in [-0.39, 0.29) is 6.09 Å².